The van der Waals surface area contributed by atoms with Crippen LogP contribution in [0.4, 0.5) is 0 Å². The minimum atomic E-state index is -1.93. The Morgan fingerprint density at radius 2 is 2.00 bits per heavy atom. The Hall–Kier alpha value is -0.490. The predicted molar refractivity (Wildman–Crippen MR) is 31.2 cm³/mol. The fourth-order valence-electron chi connectivity index (χ4n) is 0.371. The van der Waals surface area contributed by atoms with E-state index in [4.69, 9.17) is 21.8 Å². The highest BCUT2D eigenvalue weighted by Crippen LogP contribution is 1.96. The first-order valence-corrected chi connectivity index (χ1v) is 2.60. The number of hydrogen-bond acceptors (Lipinski definition) is 5. The number of carbonyl (C=O) groups excluding carboxylic acids is 1. The molecule has 0 saturated heterocycles. The van der Waals surface area contributed by atoms with Crippen molar-refractivity contribution < 1.29 is 26.6 Å². The normalized spacial score (nSPS) is 24.2. The summed E-state index contributed by atoms with van der Waals surface area (Å²) < 4.78 is 6.50. The molecule has 0 aromatic rings. The van der Waals surface area contributed by atoms with Crippen molar-refractivity contribution in [3.8, 4) is 0 Å². The quantitative estimate of drug-likeness (QED) is 0.327. The molecule has 0 saturated carbocycles. The lowest BCUT2D eigenvalue weighted by Gasteiger charge is -2.16. The first-order valence-electron chi connectivity index (χ1n) is 3.18. The van der Waals surface area contributed by atoms with Crippen molar-refractivity contribution >= 4 is 6.29 Å². The molecule has 10 heavy (non-hydrogen) atoms. The van der Waals surface area contributed by atoms with E-state index in [0.29, 0.717) is 0 Å². The molecule has 1 unspecified atom stereocenters. The van der Waals surface area contributed by atoms with Gasteiger partial charge in [0.2, 0.25) is 0 Å². The molecule has 0 aliphatic heterocycles. The molecule has 0 radical (unpaired) electrons. The zero-order valence-corrected chi connectivity index (χ0v) is 5.08. The summed E-state index contributed by atoms with van der Waals surface area (Å²) in [5.74, 6) is 0. The Kier molecular flexibility index (Phi) is 3.31. The van der Waals surface area contributed by atoms with Crippen LogP contribution in [0, 0.1) is 0 Å². The van der Waals surface area contributed by atoms with E-state index in [1.54, 1.807) is 0 Å². The molecule has 0 heterocycles. The van der Waals surface area contributed by atoms with Gasteiger partial charge in [0, 0.05) is 0 Å². The van der Waals surface area contributed by atoms with Gasteiger partial charge in [0.05, 0.1) is 7.95 Å². The topological polar surface area (TPSA) is 98.0 Å². The molecule has 0 rings (SSSR count). The first-order chi connectivity index (χ1) is 5.00. The zero-order valence-electron chi connectivity index (χ0n) is 6.08. The van der Waals surface area contributed by atoms with Gasteiger partial charge in [0.1, 0.15) is 18.3 Å². The van der Waals surface area contributed by atoms with Crippen LogP contribution in [-0.4, -0.2) is 51.6 Å². The van der Waals surface area contributed by atoms with E-state index in [9.17, 15) is 4.79 Å². The molecule has 4 N–H and O–H groups in total. The maximum atomic E-state index is 9.81. The third-order valence-corrected chi connectivity index (χ3v) is 0.992. The summed E-state index contributed by atoms with van der Waals surface area (Å²) in [6, 6.07) is 0. The van der Waals surface area contributed by atoms with Crippen molar-refractivity contribution in [3.63, 3.8) is 0 Å². The summed E-state index contributed by atoms with van der Waals surface area (Å²) in [5.41, 5.74) is 0. The fourth-order valence-corrected chi connectivity index (χ4v) is 0.371. The second-order valence-corrected chi connectivity index (χ2v) is 1.76. The molecule has 0 aliphatic rings. The van der Waals surface area contributed by atoms with Crippen LogP contribution in [-0.2, 0) is 4.79 Å². The Morgan fingerprint density at radius 3 is 2.30 bits per heavy atom. The van der Waals surface area contributed by atoms with Crippen molar-refractivity contribution in [2.24, 2.45) is 0 Å². The van der Waals surface area contributed by atoms with E-state index >= 15 is 0 Å². The highest BCUT2D eigenvalue weighted by atomic mass is 16.4. The van der Waals surface area contributed by atoms with Gasteiger partial charge in [-0.1, -0.05) is 0 Å². The number of hydrogen-bond donors (Lipinski definition) is 4. The molecule has 0 amide bonds. The number of aliphatic hydroxyl groups excluding tert-OH is 4. The van der Waals surface area contributed by atoms with Gasteiger partial charge in [0.15, 0.2) is 6.29 Å². The lowest BCUT2D eigenvalue weighted by Crippen LogP contribution is -2.40. The van der Waals surface area contributed by atoms with Crippen LogP contribution in [0.2, 0.25) is 0 Å². The molecular weight excluding hydrogens is 140 g/mol. The number of rotatable bonds is 4. The molecule has 0 fully saturated rings. The van der Waals surface area contributed by atoms with Crippen molar-refractivity contribution in [2.75, 3.05) is 6.58 Å². The van der Waals surface area contributed by atoms with Crippen LogP contribution in [0.15, 0.2) is 0 Å². The average molecular weight is 151 g/mol. The summed E-state index contributed by atoms with van der Waals surface area (Å²) in [6.07, 6.45) is -5.42. The number of aldehydes is 1. The molecule has 4 atom stereocenters. The van der Waals surface area contributed by atoms with E-state index in [1.807, 2.05) is 0 Å². The summed E-state index contributed by atoms with van der Waals surface area (Å²) in [4.78, 5) is 9.81. The second kappa shape index (κ2) is 4.35. The third kappa shape index (κ3) is 2.40. The monoisotopic (exact) mass is 151 g/mol. The van der Waals surface area contributed by atoms with E-state index in [2.05, 4.69) is 0 Å². The van der Waals surface area contributed by atoms with Crippen LogP contribution in [0.3, 0.4) is 0 Å². The van der Waals surface area contributed by atoms with Gasteiger partial charge >= 0.3 is 0 Å². The molecule has 0 aromatic heterocycles. The standard InChI is InChI=1S/C5H10O5/c6-1-3(8)5(10)4(9)2-7/h1,3-5,7-10H,2H2/t3-,4-,5+/m1/s1/i2D/t2?,3-,4-,5+. The molecule has 5 heteroatoms. The molecule has 60 valence electrons. The van der Waals surface area contributed by atoms with E-state index < -0.39 is 24.9 Å². The summed E-state index contributed by atoms with van der Waals surface area (Å²) in [5, 5.41) is 34.4. The van der Waals surface area contributed by atoms with Gasteiger partial charge < -0.3 is 25.2 Å². The van der Waals surface area contributed by atoms with Crippen molar-refractivity contribution in [1.29, 1.82) is 0 Å². The predicted octanol–water partition coefficient (Wildman–Crippen LogP) is -2.74. The van der Waals surface area contributed by atoms with Crippen LogP contribution in [0.1, 0.15) is 1.37 Å². The maximum absolute atomic E-state index is 9.81. The third-order valence-electron chi connectivity index (χ3n) is 0.992. The maximum Gasteiger partial charge on any atom is 0.151 e. The van der Waals surface area contributed by atoms with Crippen molar-refractivity contribution in [2.45, 2.75) is 18.3 Å². The Labute approximate surface area is 58.9 Å². The second-order valence-electron chi connectivity index (χ2n) is 1.76. The van der Waals surface area contributed by atoms with Crippen LogP contribution >= 0.6 is 0 Å². The summed E-state index contributed by atoms with van der Waals surface area (Å²) in [7, 11) is 0. The molecule has 0 aromatic carbocycles. The molecule has 0 spiro atoms. The number of carbonyl (C=O) groups is 1. The zero-order chi connectivity index (χ0) is 9.02. The van der Waals surface area contributed by atoms with E-state index in [-0.39, 0.29) is 6.29 Å². The molecule has 0 bridgehead atoms. The lowest BCUT2D eigenvalue weighted by molar-refractivity contribution is -0.127. The molecule has 0 aliphatic carbocycles. The lowest BCUT2D eigenvalue weighted by atomic mass is 10.1. The van der Waals surface area contributed by atoms with E-state index in [0.717, 1.165) is 0 Å². The molecule has 5 nitrogen and oxygen atoms in total. The van der Waals surface area contributed by atoms with Crippen LogP contribution in [0.25, 0.3) is 0 Å². The fraction of sp³-hybridized carbons (Fsp3) is 0.800. The Bertz CT molecular complexity index is 128. The summed E-state index contributed by atoms with van der Waals surface area (Å²) in [6.45, 7) is -1.93. The Morgan fingerprint density at radius 1 is 1.50 bits per heavy atom. The molecular formula is C5H10O5. The van der Waals surface area contributed by atoms with Crippen LogP contribution in [0.5, 0.6) is 0 Å². The highest BCUT2D eigenvalue weighted by Gasteiger charge is 2.22. The van der Waals surface area contributed by atoms with Gasteiger partial charge in [-0.05, 0) is 0 Å². The smallest absolute Gasteiger partial charge is 0.151 e. The summed E-state index contributed by atoms with van der Waals surface area (Å²) >= 11 is 0. The number of aliphatic hydroxyl groups is 4. The highest BCUT2D eigenvalue weighted by molar-refractivity contribution is 5.56. The van der Waals surface area contributed by atoms with Crippen molar-refractivity contribution in [1.82, 2.24) is 0 Å². The SMILES string of the molecule is [2H]C(O)[C@@H](O)[C@@H](O)[C@H](O)C=O. The van der Waals surface area contributed by atoms with Gasteiger partial charge in [-0.3, -0.25) is 0 Å². The van der Waals surface area contributed by atoms with Crippen molar-refractivity contribution in [3.05, 3.63) is 0 Å². The average Bonchev–Trinajstić information content (AvgIpc) is 2.00. The van der Waals surface area contributed by atoms with Gasteiger partial charge in [0.25, 0.3) is 0 Å². The minimum Gasteiger partial charge on any atom is -0.394 e. The Balaban J connectivity index is 4.00. The first kappa shape index (κ1) is 7.62. The largest absolute Gasteiger partial charge is 0.394 e. The van der Waals surface area contributed by atoms with E-state index in [1.165, 1.54) is 0 Å². The van der Waals surface area contributed by atoms with Crippen LogP contribution < -0.4 is 0 Å². The van der Waals surface area contributed by atoms with Gasteiger partial charge in [-0.2, -0.15) is 0 Å². The minimum absolute atomic E-state index is 0.0102. The van der Waals surface area contributed by atoms with Gasteiger partial charge in [-0.25, -0.2) is 0 Å². The van der Waals surface area contributed by atoms with Gasteiger partial charge in [-0.15, -0.1) is 0 Å².